The molecule has 102 valence electrons. The van der Waals surface area contributed by atoms with Gasteiger partial charge in [-0.1, -0.05) is 6.07 Å². The molecule has 0 spiro atoms. The van der Waals surface area contributed by atoms with Gasteiger partial charge in [-0.15, -0.1) is 0 Å². The summed E-state index contributed by atoms with van der Waals surface area (Å²) in [5.41, 5.74) is 7.36. The number of nitrogens with one attached hydrogen (secondary N) is 2. The van der Waals surface area contributed by atoms with E-state index in [1.54, 1.807) is 12.1 Å². The van der Waals surface area contributed by atoms with Crippen LogP contribution in [0, 0.1) is 6.92 Å². The molecule has 0 atom stereocenters. The molecule has 0 aliphatic heterocycles. The number of nitrogens with two attached hydrogens (primary N) is 1. The number of carboxylic acids is 1. The Morgan fingerprint density at radius 3 is 2.47 bits per heavy atom. The van der Waals surface area contributed by atoms with Crippen LogP contribution in [0.2, 0.25) is 0 Å². The third-order valence-corrected chi connectivity index (χ3v) is 2.39. The SMILES string of the molecule is Cc1ccc(C(=O)NCC(=O)NCC(=O)O)cc1N. The van der Waals surface area contributed by atoms with Gasteiger partial charge in [0.2, 0.25) is 5.91 Å². The van der Waals surface area contributed by atoms with Gasteiger partial charge in [-0.25, -0.2) is 0 Å². The minimum atomic E-state index is -1.15. The summed E-state index contributed by atoms with van der Waals surface area (Å²) < 4.78 is 0. The highest BCUT2D eigenvalue weighted by atomic mass is 16.4. The molecule has 0 fully saturated rings. The van der Waals surface area contributed by atoms with Gasteiger partial charge in [-0.3, -0.25) is 14.4 Å². The van der Waals surface area contributed by atoms with Crippen molar-refractivity contribution in [3.05, 3.63) is 29.3 Å². The predicted molar refractivity (Wildman–Crippen MR) is 68.6 cm³/mol. The first-order chi connectivity index (χ1) is 8.90. The van der Waals surface area contributed by atoms with Gasteiger partial charge in [-0.05, 0) is 24.6 Å². The monoisotopic (exact) mass is 265 g/mol. The fraction of sp³-hybridized carbons (Fsp3) is 0.250. The van der Waals surface area contributed by atoms with E-state index in [0.29, 0.717) is 11.3 Å². The van der Waals surface area contributed by atoms with Crippen LogP contribution in [0.25, 0.3) is 0 Å². The number of rotatable bonds is 5. The molecular formula is C12H15N3O4. The van der Waals surface area contributed by atoms with Gasteiger partial charge >= 0.3 is 5.97 Å². The molecule has 0 bridgehead atoms. The second kappa shape index (κ2) is 6.39. The Labute approximate surface area is 109 Å². The lowest BCUT2D eigenvalue weighted by molar-refractivity contribution is -0.137. The quantitative estimate of drug-likeness (QED) is 0.535. The molecule has 0 aliphatic rings. The van der Waals surface area contributed by atoms with Crippen LogP contribution in [0.15, 0.2) is 18.2 Å². The number of carbonyl (C=O) groups is 3. The first-order valence-electron chi connectivity index (χ1n) is 5.53. The second-order valence-electron chi connectivity index (χ2n) is 3.92. The van der Waals surface area contributed by atoms with Gasteiger partial charge in [0.25, 0.3) is 5.91 Å². The lowest BCUT2D eigenvalue weighted by Gasteiger charge is -2.07. The predicted octanol–water partition coefficient (Wildman–Crippen LogP) is -0.492. The minimum Gasteiger partial charge on any atom is -0.480 e. The van der Waals surface area contributed by atoms with E-state index < -0.39 is 24.3 Å². The largest absolute Gasteiger partial charge is 0.480 e. The van der Waals surface area contributed by atoms with Gasteiger partial charge < -0.3 is 21.5 Å². The van der Waals surface area contributed by atoms with Crippen molar-refractivity contribution in [2.24, 2.45) is 0 Å². The first kappa shape index (κ1) is 14.5. The standard InChI is InChI=1S/C12H15N3O4/c1-7-2-3-8(4-9(7)13)12(19)15-5-10(16)14-6-11(17)18/h2-4H,5-6,13H2,1H3,(H,14,16)(H,15,19)(H,17,18). The summed E-state index contributed by atoms with van der Waals surface area (Å²) in [6.45, 7) is 1.04. The fourth-order valence-corrected chi connectivity index (χ4v) is 1.28. The van der Waals surface area contributed by atoms with E-state index >= 15 is 0 Å². The summed E-state index contributed by atoms with van der Waals surface area (Å²) in [7, 11) is 0. The average Bonchev–Trinajstić information content (AvgIpc) is 2.36. The Kier molecular flexibility index (Phi) is 4.87. The Morgan fingerprint density at radius 1 is 1.21 bits per heavy atom. The normalized spacial score (nSPS) is 9.74. The van der Waals surface area contributed by atoms with E-state index in [1.165, 1.54) is 6.07 Å². The molecule has 5 N–H and O–H groups in total. The Bertz CT molecular complexity index is 514. The van der Waals surface area contributed by atoms with Crippen LogP contribution in [-0.2, 0) is 9.59 Å². The van der Waals surface area contributed by atoms with E-state index in [9.17, 15) is 14.4 Å². The molecule has 1 aromatic rings. The van der Waals surface area contributed by atoms with Gasteiger partial charge in [-0.2, -0.15) is 0 Å². The van der Waals surface area contributed by atoms with Gasteiger partial charge in [0.15, 0.2) is 0 Å². The van der Waals surface area contributed by atoms with Crippen LogP contribution in [-0.4, -0.2) is 36.0 Å². The van der Waals surface area contributed by atoms with Crippen LogP contribution < -0.4 is 16.4 Å². The maximum atomic E-state index is 11.7. The topological polar surface area (TPSA) is 122 Å². The number of carbonyl (C=O) groups excluding carboxylic acids is 2. The molecule has 0 aliphatic carbocycles. The third kappa shape index (κ3) is 4.66. The molecule has 1 aromatic carbocycles. The molecule has 2 amide bonds. The van der Waals surface area contributed by atoms with Crippen LogP contribution in [0.5, 0.6) is 0 Å². The fourth-order valence-electron chi connectivity index (χ4n) is 1.28. The second-order valence-corrected chi connectivity index (χ2v) is 3.92. The number of benzene rings is 1. The van der Waals surface area contributed by atoms with Gasteiger partial charge in [0.05, 0.1) is 6.54 Å². The highest BCUT2D eigenvalue weighted by molar-refractivity contribution is 5.97. The number of nitrogen functional groups attached to an aromatic ring is 1. The summed E-state index contributed by atoms with van der Waals surface area (Å²) in [6, 6.07) is 4.81. The first-order valence-corrected chi connectivity index (χ1v) is 5.53. The minimum absolute atomic E-state index is 0.292. The van der Waals surface area contributed by atoms with Crippen LogP contribution >= 0.6 is 0 Å². The van der Waals surface area contributed by atoms with Crippen molar-refractivity contribution in [1.82, 2.24) is 10.6 Å². The lowest BCUT2D eigenvalue weighted by Crippen LogP contribution is -2.39. The molecule has 0 heterocycles. The van der Waals surface area contributed by atoms with Crippen molar-refractivity contribution >= 4 is 23.5 Å². The van der Waals surface area contributed by atoms with Crippen molar-refractivity contribution in [3.8, 4) is 0 Å². The number of hydrogen-bond donors (Lipinski definition) is 4. The van der Waals surface area contributed by atoms with E-state index in [4.69, 9.17) is 10.8 Å². The molecule has 7 heteroatoms. The maximum Gasteiger partial charge on any atom is 0.322 e. The molecule has 0 saturated carbocycles. The third-order valence-electron chi connectivity index (χ3n) is 2.39. The van der Waals surface area contributed by atoms with E-state index in [1.807, 2.05) is 6.92 Å². The molecule has 19 heavy (non-hydrogen) atoms. The molecule has 0 unspecified atom stereocenters. The van der Waals surface area contributed by atoms with Crippen LogP contribution in [0.1, 0.15) is 15.9 Å². The molecule has 1 rings (SSSR count). The number of aryl methyl sites for hydroxylation is 1. The van der Waals surface area contributed by atoms with Crippen molar-refractivity contribution in [2.75, 3.05) is 18.8 Å². The molecule has 0 saturated heterocycles. The molecule has 0 radical (unpaired) electrons. The number of carboxylic acid groups (broad SMARTS) is 1. The average molecular weight is 265 g/mol. The lowest BCUT2D eigenvalue weighted by atomic mass is 10.1. The molecular weight excluding hydrogens is 250 g/mol. The van der Waals surface area contributed by atoms with E-state index in [0.717, 1.165) is 5.56 Å². The number of hydrogen-bond acceptors (Lipinski definition) is 4. The maximum absolute atomic E-state index is 11.7. The summed E-state index contributed by atoms with van der Waals surface area (Å²) in [6.07, 6.45) is 0. The summed E-state index contributed by atoms with van der Waals surface area (Å²) in [5, 5.41) is 12.9. The number of amides is 2. The van der Waals surface area contributed by atoms with Crippen molar-refractivity contribution < 1.29 is 19.5 Å². The Balaban J connectivity index is 2.49. The van der Waals surface area contributed by atoms with Crippen LogP contribution in [0.3, 0.4) is 0 Å². The van der Waals surface area contributed by atoms with Gasteiger partial charge in [0.1, 0.15) is 6.54 Å². The molecule has 7 nitrogen and oxygen atoms in total. The summed E-state index contributed by atoms with van der Waals surface area (Å²) >= 11 is 0. The number of aliphatic carboxylic acids is 1. The smallest absolute Gasteiger partial charge is 0.322 e. The highest BCUT2D eigenvalue weighted by Gasteiger charge is 2.09. The van der Waals surface area contributed by atoms with Gasteiger partial charge in [0, 0.05) is 11.3 Å². The zero-order valence-electron chi connectivity index (χ0n) is 10.4. The summed E-state index contributed by atoms with van der Waals surface area (Å²) in [4.78, 5) is 33.1. The van der Waals surface area contributed by atoms with Crippen molar-refractivity contribution in [2.45, 2.75) is 6.92 Å². The van der Waals surface area contributed by atoms with Crippen molar-refractivity contribution in [1.29, 1.82) is 0 Å². The summed E-state index contributed by atoms with van der Waals surface area (Å²) in [5.74, 6) is -2.17. The van der Waals surface area contributed by atoms with Crippen LogP contribution in [0.4, 0.5) is 5.69 Å². The van der Waals surface area contributed by atoms with E-state index in [2.05, 4.69) is 10.6 Å². The zero-order chi connectivity index (χ0) is 14.4. The van der Waals surface area contributed by atoms with E-state index in [-0.39, 0.29) is 6.54 Å². The highest BCUT2D eigenvalue weighted by Crippen LogP contribution is 2.12. The Morgan fingerprint density at radius 2 is 1.89 bits per heavy atom. The van der Waals surface area contributed by atoms with Crippen molar-refractivity contribution in [3.63, 3.8) is 0 Å². The zero-order valence-corrected chi connectivity index (χ0v) is 10.4. The number of anilines is 1. The molecule has 0 aromatic heterocycles. The Hall–Kier alpha value is -2.57.